The van der Waals surface area contributed by atoms with Crippen molar-refractivity contribution in [1.82, 2.24) is 19.8 Å². The number of fused-ring (bicyclic) bond motifs is 1. The Balaban J connectivity index is 1.39. The van der Waals surface area contributed by atoms with Crippen LogP contribution >= 0.6 is 0 Å². The molecule has 1 aromatic carbocycles. The zero-order chi connectivity index (χ0) is 20.1. The second-order valence-corrected chi connectivity index (χ2v) is 7.13. The molecule has 152 valence electrons. The standard InChI is InChI=1S/C21H26N6O2/c1-2-29-17-8-6-16(7-9-17)22-21(28)13-12-19-24-23-18-10-11-20(25-27(18)19)26-14-4-3-5-15-26/h6-11H,2-5,12-15H2,1H3,(H,22,28). The summed E-state index contributed by atoms with van der Waals surface area (Å²) in [6.07, 6.45) is 4.45. The molecule has 1 aliphatic rings. The number of benzene rings is 1. The molecule has 0 radical (unpaired) electrons. The van der Waals surface area contributed by atoms with E-state index < -0.39 is 0 Å². The van der Waals surface area contributed by atoms with Gasteiger partial charge in [-0.25, -0.2) is 0 Å². The highest BCUT2D eigenvalue weighted by molar-refractivity contribution is 5.90. The summed E-state index contributed by atoms with van der Waals surface area (Å²) >= 11 is 0. The molecule has 1 fully saturated rings. The molecule has 0 unspecified atom stereocenters. The van der Waals surface area contributed by atoms with Gasteiger partial charge in [0.2, 0.25) is 5.91 Å². The summed E-state index contributed by atoms with van der Waals surface area (Å²) in [7, 11) is 0. The van der Waals surface area contributed by atoms with Crippen LogP contribution in [0.25, 0.3) is 5.65 Å². The van der Waals surface area contributed by atoms with Gasteiger partial charge in [0.25, 0.3) is 0 Å². The predicted octanol–water partition coefficient (Wildman–Crippen LogP) is 3.08. The van der Waals surface area contributed by atoms with Gasteiger partial charge in [0.1, 0.15) is 11.6 Å². The lowest BCUT2D eigenvalue weighted by atomic mass is 10.1. The molecule has 29 heavy (non-hydrogen) atoms. The first kappa shape index (κ1) is 19.2. The van der Waals surface area contributed by atoms with Gasteiger partial charge < -0.3 is 15.0 Å². The molecular weight excluding hydrogens is 368 g/mol. The zero-order valence-electron chi connectivity index (χ0n) is 16.7. The van der Waals surface area contributed by atoms with Crippen molar-refractivity contribution in [2.24, 2.45) is 0 Å². The van der Waals surface area contributed by atoms with Crippen molar-refractivity contribution < 1.29 is 9.53 Å². The average molecular weight is 394 g/mol. The van der Waals surface area contributed by atoms with E-state index in [1.165, 1.54) is 19.3 Å². The van der Waals surface area contributed by atoms with Crippen LogP contribution in [-0.2, 0) is 11.2 Å². The van der Waals surface area contributed by atoms with E-state index in [-0.39, 0.29) is 5.91 Å². The lowest BCUT2D eigenvalue weighted by Gasteiger charge is -2.27. The fraction of sp³-hybridized carbons (Fsp3) is 0.429. The second-order valence-electron chi connectivity index (χ2n) is 7.13. The van der Waals surface area contributed by atoms with Gasteiger partial charge in [0.05, 0.1) is 6.61 Å². The van der Waals surface area contributed by atoms with Crippen molar-refractivity contribution in [3.05, 3.63) is 42.2 Å². The zero-order valence-corrected chi connectivity index (χ0v) is 16.7. The first-order valence-electron chi connectivity index (χ1n) is 10.2. The number of carbonyl (C=O) groups is 1. The third kappa shape index (κ3) is 4.64. The molecule has 0 aliphatic carbocycles. The molecule has 0 bridgehead atoms. The summed E-state index contributed by atoms with van der Waals surface area (Å²) in [4.78, 5) is 14.6. The molecule has 2 aromatic heterocycles. The van der Waals surface area contributed by atoms with Crippen molar-refractivity contribution in [3.63, 3.8) is 0 Å². The third-order valence-corrected chi connectivity index (χ3v) is 5.02. The Morgan fingerprint density at radius 3 is 2.62 bits per heavy atom. The van der Waals surface area contributed by atoms with Crippen LogP contribution in [0.5, 0.6) is 5.75 Å². The number of aromatic nitrogens is 4. The van der Waals surface area contributed by atoms with E-state index in [0.29, 0.717) is 30.9 Å². The number of aryl methyl sites for hydroxylation is 1. The summed E-state index contributed by atoms with van der Waals surface area (Å²) < 4.78 is 7.17. The number of anilines is 2. The van der Waals surface area contributed by atoms with E-state index in [0.717, 1.165) is 30.3 Å². The monoisotopic (exact) mass is 394 g/mol. The van der Waals surface area contributed by atoms with Crippen molar-refractivity contribution in [1.29, 1.82) is 0 Å². The number of nitrogens with one attached hydrogen (secondary N) is 1. The van der Waals surface area contributed by atoms with Crippen molar-refractivity contribution in [2.75, 3.05) is 29.9 Å². The maximum absolute atomic E-state index is 12.3. The number of piperidine rings is 1. The van der Waals surface area contributed by atoms with Gasteiger partial charge in [0, 0.05) is 31.6 Å². The summed E-state index contributed by atoms with van der Waals surface area (Å²) in [5.74, 6) is 2.35. The lowest BCUT2D eigenvalue weighted by molar-refractivity contribution is -0.116. The van der Waals surface area contributed by atoms with Crippen molar-refractivity contribution >= 4 is 23.1 Å². The highest BCUT2D eigenvalue weighted by atomic mass is 16.5. The first-order chi connectivity index (χ1) is 14.2. The minimum Gasteiger partial charge on any atom is -0.494 e. The summed E-state index contributed by atoms with van der Waals surface area (Å²) in [5, 5.41) is 16.0. The summed E-state index contributed by atoms with van der Waals surface area (Å²) in [6, 6.07) is 11.3. The molecule has 3 heterocycles. The van der Waals surface area contributed by atoms with E-state index in [2.05, 4.69) is 20.4 Å². The Kier molecular flexibility index (Phi) is 5.88. The molecular formula is C21H26N6O2. The Labute approximate surface area is 169 Å². The fourth-order valence-electron chi connectivity index (χ4n) is 3.52. The first-order valence-corrected chi connectivity index (χ1v) is 10.2. The maximum atomic E-state index is 12.3. The molecule has 0 atom stereocenters. The maximum Gasteiger partial charge on any atom is 0.224 e. The minimum absolute atomic E-state index is 0.0712. The highest BCUT2D eigenvalue weighted by Crippen LogP contribution is 2.19. The Bertz CT molecular complexity index is 963. The van der Waals surface area contributed by atoms with Gasteiger partial charge >= 0.3 is 0 Å². The van der Waals surface area contributed by atoms with Crippen LogP contribution in [0, 0.1) is 0 Å². The number of carbonyl (C=O) groups excluding carboxylic acids is 1. The van der Waals surface area contributed by atoms with Gasteiger partial charge in [-0.15, -0.1) is 15.3 Å². The van der Waals surface area contributed by atoms with Crippen molar-refractivity contribution in [2.45, 2.75) is 39.0 Å². The second kappa shape index (κ2) is 8.89. The quantitative estimate of drug-likeness (QED) is 0.663. The van der Waals surface area contributed by atoms with Gasteiger partial charge in [-0.05, 0) is 62.6 Å². The topological polar surface area (TPSA) is 84.6 Å². The van der Waals surface area contributed by atoms with Crippen LogP contribution in [-0.4, -0.2) is 45.4 Å². The van der Waals surface area contributed by atoms with Gasteiger partial charge in [-0.3, -0.25) is 4.79 Å². The Hall–Kier alpha value is -3.16. The van der Waals surface area contributed by atoms with Gasteiger partial charge in [-0.2, -0.15) is 4.52 Å². The molecule has 3 aromatic rings. The normalized spacial score (nSPS) is 14.2. The molecule has 1 N–H and O–H groups in total. The molecule has 0 saturated carbocycles. The Morgan fingerprint density at radius 2 is 1.86 bits per heavy atom. The summed E-state index contributed by atoms with van der Waals surface area (Å²) in [6.45, 7) is 4.61. The average Bonchev–Trinajstić information content (AvgIpc) is 3.17. The third-order valence-electron chi connectivity index (χ3n) is 5.02. The summed E-state index contributed by atoms with van der Waals surface area (Å²) in [5.41, 5.74) is 1.45. The van der Waals surface area contributed by atoms with Crippen LogP contribution in [0.2, 0.25) is 0 Å². The number of rotatable bonds is 7. The van der Waals surface area contributed by atoms with Crippen LogP contribution in [0.4, 0.5) is 11.5 Å². The van der Waals surface area contributed by atoms with E-state index in [4.69, 9.17) is 9.84 Å². The van der Waals surface area contributed by atoms with Crippen LogP contribution in [0.15, 0.2) is 36.4 Å². The molecule has 0 spiro atoms. The van der Waals surface area contributed by atoms with E-state index in [1.807, 2.05) is 43.3 Å². The molecule has 8 heteroatoms. The van der Waals surface area contributed by atoms with E-state index in [1.54, 1.807) is 4.52 Å². The fourth-order valence-corrected chi connectivity index (χ4v) is 3.52. The highest BCUT2D eigenvalue weighted by Gasteiger charge is 2.15. The van der Waals surface area contributed by atoms with Crippen molar-refractivity contribution in [3.8, 4) is 5.75 Å². The van der Waals surface area contributed by atoms with Crippen LogP contribution in [0.1, 0.15) is 38.4 Å². The SMILES string of the molecule is CCOc1ccc(NC(=O)CCc2nnc3ccc(N4CCCCC4)nn23)cc1. The van der Waals surface area contributed by atoms with Gasteiger partial charge in [-0.1, -0.05) is 0 Å². The number of ether oxygens (including phenoxy) is 1. The molecule has 1 amide bonds. The van der Waals surface area contributed by atoms with E-state index in [9.17, 15) is 4.79 Å². The minimum atomic E-state index is -0.0712. The molecule has 1 saturated heterocycles. The number of nitrogens with zero attached hydrogens (tertiary/aromatic N) is 5. The smallest absolute Gasteiger partial charge is 0.224 e. The van der Waals surface area contributed by atoms with Crippen LogP contribution in [0.3, 0.4) is 0 Å². The van der Waals surface area contributed by atoms with Gasteiger partial charge in [0.15, 0.2) is 11.5 Å². The van der Waals surface area contributed by atoms with Crippen LogP contribution < -0.4 is 15.0 Å². The molecule has 1 aliphatic heterocycles. The Morgan fingerprint density at radius 1 is 1.07 bits per heavy atom. The van der Waals surface area contributed by atoms with E-state index >= 15 is 0 Å². The number of amides is 1. The number of hydrogen-bond donors (Lipinski definition) is 1. The predicted molar refractivity (Wildman–Crippen MR) is 111 cm³/mol. The number of hydrogen-bond acceptors (Lipinski definition) is 6. The lowest BCUT2D eigenvalue weighted by Crippen LogP contribution is -2.30. The molecule has 4 rings (SSSR count). The largest absolute Gasteiger partial charge is 0.494 e. The molecule has 8 nitrogen and oxygen atoms in total.